The molecule has 0 atom stereocenters. The molecule has 0 saturated heterocycles. The third-order valence-electron chi connectivity index (χ3n) is 3.52. The van der Waals surface area contributed by atoms with E-state index in [0.717, 1.165) is 18.8 Å². The van der Waals surface area contributed by atoms with Gasteiger partial charge in [-0.05, 0) is 37.2 Å². The normalized spacial score (nSPS) is 11.8. The summed E-state index contributed by atoms with van der Waals surface area (Å²) in [5.74, 6) is 0.902. The van der Waals surface area contributed by atoms with Crippen LogP contribution in [0.2, 0.25) is 0 Å². The predicted molar refractivity (Wildman–Crippen MR) is 87.7 cm³/mol. The molecule has 3 heteroatoms. The lowest BCUT2D eigenvalue weighted by atomic mass is 10.0. The summed E-state index contributed by atoms with van der Waals surface area (Å²) in [6.45, 7) is 7.93. The molecule has 0 fully saturated rings. The molecule has 2 rings (SSSR count). The molecule has 0 amide bonds. The molecule has 0 unspecified atom stereocenters. The molecule has 2 N–H and O–H groups in total. The van der Waals surface area contributed by atoms with Crippen LogP contribution in [-0.2, 0) is 6.54 Å². The largest absolute Gasteiger partial charge is 0.493 e. The van der Waals surface area contributed by atoms with Gasteiger partial charge in [0.15, 0.2) is 0 Å². The quantitative estimate of drug-likeness (QED) is 0.819. The Labute approximate surface area is 126 Å². The Morgan fingerprint density at radius 1 is 1.14 bits per heavy atom. The number of fused-ring (bicyclic) bond motifs is 1. The average molecular weight is 287 g/mol. The second kappa shape index (κ2) is 6.92. The van der Waals surface area contributed by atoms with E-state index in [0.29, 0.717) is 13.0 Å². The highest BCUT2D eigenvalue weighted by Gasteiger charge is 2.14. The van der Waals surface area contributed by atoms with Gasteiger partial charge in [0.05, 0.1) is 12.2 Å². The molecular weight excluding hydrogens is 262 g/mol. The van der Waals surface area contributed by atoms with Gasteiger partial charge >= 0.3 is 0 Å². The van der Waals surface area contributed by atoms with E-state index in [9.17, 15) is 5.11 Å². The molecule has 21 heavy (non-hydrogen) atoms. The number of hydrogen-bond donors (Lipinski definition) is 2. The minimum absolute atomic E-state index is 0.515. The van der Waals surface area contributed by atoms with Gasteiger partial charge in [0, 0.05) is 18.5 Å². The minimum atomic E-state index is -0.696. The van der Waals surface area contributed by atoms with Crippen molar-refractivity contribution in [1.82, 2.24) is 5.32 Å². The first-order chi connectivity index (χ1) is 10.0. The van der Waals surface area contributed by atoms with E-state index in [-0.39, 0.29) is 0 Å². The fourth-order valence-corrected chi connectivity index (χ4v) is 2.29. The van der Waals surface area contributed by atoms with E-state index in [2.05, 4.69) is 36.5 Å². The molecule has 0 heterocycles. The highest BCUT2D eigenvalue weighted by molar-refractivity contribution is 5.87. The van der Waals surface area contributed by atoms with Crippen LogP contribution in [-0.4, -0.2) is 23.9 Å². The van der Waals surface area contributed by atoms with E-state index < -0.39 is 5.60 Å². The summed E-state index contributed by atoms with van der Waals surface area (Å²) in [6.07, 6.45) is 0.612. The molecule has 0 aliphatic rings. The SMILES string of the molecule is CCNCc1c(OCCC(C)(C)O)ccc2ccccc12. The van der Waals surface area contributed by atoms with Gasteiger partial charge in [0.1, 0.15) is 5.75 Å². The van der Waals surface area contributed by atoms with Gasteiger partial charge in [0.25, 0.3) is 0 Å². The van der Waals surface area contributed by atoms with Crippen LogP contribution in [0.25, 0.3) is 10.8 Å². The van der Waals surface area contributed by atoms with Crippen molar-refractivity contribution in [3.63, 3.8) is 0 Å². The molecular formula is C18H25NO2. The number of nitrogens with one attached hydrogen (secondary N) is 1. The zero-order valence-corrected chi connectivity index (χ0v) is 13.1. The van der Waals surface area contributed by atoms with Crippen LogP contribution in [0.1, 0.15) is 32.8 Å². The Bertz CT molecular complexity index is 587. The van der Waals surface area contributed by atoms with Gasteiger partial charge in [-0.2, -0.15) is 0 Å². The summed E-state index contributed by atoms with van der Waals surface area (Å²) in [7, 11) is 0. The predicted octanol–water partition coefficient (Wildman–Crippen LogP) is 3.49. The second-order valence-electron chi connectivity index (χ2n) is 5.95. The summed E-state index contributed by atoms with van der Waals surface area (Å²) in [6, 6.07) is 12.5. The first kappa shape index (κ1) is 15.8. The topological polar surface area (TPSA) is 41.5 Å². The van der Waals surface area contributed by atoms with Crippen LogP contribution < -0.4 is 10.1 Å². The van der Waals surface area contributed by atoms with Crippen LogP contribution >= 0.6 is 0 Å². The van der Waals surface area contributed by atoms with Crippen LogP contribution in [0.3, 0.4) is 0 Å². The fraction of sp³-hybridized carbons (Fsp3) is 0.444. The molecule has 0 aliphatic heterocycles. The van der Waals surface area contributed by atoms with E-state index in [1.54, 1.807) is 13.8 Å². The van der Waals surface area contributed by atoms with Crippen LogP contribution in [0.4, 0.5) is 0 Å². The van der Waals surface area contributed by atoms with Crippen molar-refractivity contribution in [2.75, 3.05) is 13.2 Å². The number of benzene rings is 2. The van der Waals surface area contributed by atoms with Gasteiger partial charge in [0.2, 0.25) is 0 Å². The Kier molecular flexibility index (Phi) is 5.21. The lowest BCUT2D eigenvalue weighted by molar-refractivity contribution is 0.0552. The van der Waals surface area contributed by atoms with E-state index in [1.165, 1.54) is 16.3 Å². The van der Waals surface area contributed by atoms with Crippen molar-refractivity contribution in [2.45, 2.75) is 39.3 Å². The summed E-state index contributed by atoms with van der Waals surface area (Å²) in [5, 5.41) is 15.6. The van der Waals surface area contributed by atoms with Crippen molar-refractivity contribution in [3.8, 4) is 5.75 Å². The highest BCUT2D eigenvalue weighted by Crippen LogP contribution is 2.28. The molecule has 0 spiro atoms. The third kappa shape index (κ3) is 4.45. The zero-order chi connectivity index (χ0) is 15.3. The maximum atomic E-state index is 9.79. The molecule has 2 aromatic rings. The van der Waals surface area contributed by atoms with Gasteiger partial charge in [-0.1, -0.05) is 37.3 Å². The molecule has 0 bridgehead atoms. The maximum absolute atomic E-state index is 9.79. The molecule has 2 aromatic carbocycles. The zero-order valence-electron chi connectivity index (χ0n) is 13.1. The maximum Gasteiger partial charge on any atom is 0.124 e. The molecule has 0 saturated carbocycles. The first-order valence-electron chi connectivity index (χ1n) is 7.58. The molecule has 0 aliphatic carbocycles. The van der Waals surface area contributed by atoms with Crippen molar-refractivity contribution < 1.29 is 9.84 Å². The smallest absolute Gasteiger partial charge is 0.124 e. The summed E-state index contributed by atoms with van der Waals surface area (Å²) < 4.78 is 5.92. The second-order valence-corrected chi connectivity index (χ2v) is 5.95. The lowest BCUT2D eigenvalue weighted by Gasteiger charge is -2.19. The van der Waals surface area contributed by atoms with E-state index >= 15 is 0 Å². The lowest BCUT2D eigenvalue weighted by Crippen LogP contribution is -2.22. The Morgan fingerprint density at radius 2 is 1.90 bits per heavy atom. The van der Waals surface area contributed by atoms with Gasteiger partial charge in [-0.3, -0.25) is 0 Å². The Hall–Kier alpha value is -1.58. The number of rotatable bonds is 7. The van der Waals surface area contributed by atoms with Crippen molar-refractivity contribution in [1.29, 1.82) is 0 Å². The van der Waals surface area contributed by atoms with Crippen LogP contribution in [0.15, 0.2) is 36.4 Å². The van der Waals surface area contributed by atoms with Gasteiger partial charge in [-0.15, -0.1) is 0 Å². The van der Waals surface area contributed by atoms with Crippen LogP contribution in [0.5, 0.6) is 5.75 Å². The number of ether oxygens (including phenoxy) is 1. The van der Waals surface area contributed by atoms with E-state index in [4.69, 9.17) is 4.74 Å². The van der Waals surface area contributed by atoms with Crippen molar-refractivity contribution in [3.05, 3.63) is 42.0 Å². The number of hydrogen-bond acceptors (Lipinski definition) is 3. The summed E-state index contributed by atoms with van der Waals surface area (Å²) in [4.78, 5) is 0. The Morgan fingerprint density at radius 3 is 2.62 bits per heavy atom. The average Bonchev–Trinajstić information content (AvgIpc) is 2.44. The third-order valence-corrected chi connectivity index (χ3v) is 3.52. The van der Waals surface area contributed by atoms with E-state index in [1.807, 2.05) is 12.1 Å². The molecule has 114 valence electrons. The van der Waals surface area contributed by atoms with Crippen molar-refractivity contribution >= 4 is 10.8 Å². The molecule has 3 nitrogen and oxygen atoms in total. The Balaban J connectivity index is 2.24. The molecule has 0 aromatic heterocycles. The minimum Gasteiger partial charge on any atom is -0.493 e. The fourth-order valence-electron chi connectivity index (χ4n) is 2.29. The first-order valence-corrected chi connectivity index (χ1v) is 7.58. The van der Waals surface area contributed by atoms with Gasteiger partial charge in [-0.25, -0.2) is 0 Å². The number of aliphatic hydroxyl groups is 1. The standard InChI is InChI=1S/C18H25NO2/c1-4-19-13-16-15-8-6-5-7-14(15)9-10-17(16)21-12-11-18(2,3)20/h5-10,19-20H,4,11-13H2,1-3H3. The highest BCUT2D eigenvalue weighted by atomic mass is 16.5. The van der Waals surface area contributed by atoms with Gasteiger partial charge < -0.3 is 15.2 Å². The summed E-state index contributed by atoms with van der Waals surface area (Å²) >= 11 is 0. The monoisotopic (exact) mass is 287 g/mol. The van der Waals surface area contributed by atoms with Crippen LogP contribution in [0, 0.1) is 0 Å². The molecule has 0 radical (unpaired) electrons. The summed E-state index contributed by atoms with van der Waals surface area (Å²) in [5.41, 5.74) is 0.490. The van der Waals surface area contributed by atoms with Crippen molar-refractivity contribution in [2.24, 2.45) is 0 Å².